The number of carbonyl (C=O) groups excluding carboxylic acids is 2. The van der Waals surface area contributed by atoms with Gasteiger partial charge in [-0.15, -0.1) is 23.2 Å². The Labute approximate surface area is 455 Å². The van der Waals surface area contributed by atoms with E-state index in [0.717, 1.165) is 52.2 Å². The number of nitrogens with two attached hydrogens (primary N) is 3. The van der Waals surface area contributed by atoms with E-state index in [2.05, 4.69) is 30.2 Å². The van der Waals surface area contributed by atoms with Crippen LogP contribution in [0.25, 0.3) is 33.5 Å². The maximum Gasteiger partial charge on any atom is 0.343 e. The molecule has 408 valence electrons. The first-order valence-corrected chi connectivity index (χ1v) is 25.4. The van der Waals surface area contributed by atoms with E-state index in [0.29, 0.717) is 64.9 Å². The van der Waals surface area contributed by atoms with E-state index < -0.39 is 47.5 Å². The van der Waals surface area contributed by atoms with Gasteiger partial charge in [-0.05, 0) is 79.4 Å². The van der Waals surface area contributed by atoms with Crippen molar-refractivity contribution in [2.24, 2.45) is 5.73 Å². The molecule has 78 heavy (non-hydrogen) atoms. The van der Waals surface area contributed by atoms with Gasteiger partial charge in [-0.1, -0.05) is 37.3 Å². The molecule has 0 fully saturated rings. The van der Waals surface area contributed by atoms with Crippen LogP contribution >= 0.6 is 23.2 Å². The molecule has 1 amide bonds. The third-order valence-electron chi connectivity index (χ3n) is 12.9. The Morgan fingerprint density at radius 1 is 0.885 bits per heavy atom. The lowest BCUT2D eigenvalue weighted by Crippen LogP contribution is -2.44. The molecule has 0 saturated carbocycles. The number of anilines is 4. The fraction of sp³-hybridized carbons (Fsp3) is 0.302. The number of carboxylic acid groups (broad SMARTS) is 3. The zero-order valence-corrected chi connectivity index (χ0v) is 43.8. The van der Waals surface area contributed by atoms with E-state index in [1.165, 1.54) is 12.1 Å². The molecule has 25 heteroatoms. The molecular weight excluding hydrogens is 1050 g/mol. The molecule has 3 aromatic carbocycles. The number of esters is 1. The van der Waals surface area contributed by atoms with Gasteiger partial charge in [0.15, 0.2) is 22.6 Å². The van der Waals surface area contributed by atoms with E-state index in [4.69, 9.17) is 60.3 Å². The number of amides is 1. The molecule has 6 heterocycles. The van der Waals surface area contributed by atoms with Crippen molar-refractivity contribution in [3.63, 3.8) is 0 Å². The lowest BCUT2D eigenvalue weighted by molar-refractivity contribution is -0.172. The van der Waals surface area contributed by atoms with Gasteiger partial charge in [-0.2, -0.15) is 9.97 Å². The molecule has 0 unspecified atom stereocenters. The van der Waals surface area contributed by atoms with Crippen molar-refractivity contribution in [3.05, 3.63) is 135 Å². The summed E-state index contributed by atoms with van der Waals surface area (Å²) in [5, 5.41) is 40.9. The number of aromatic nitrogens is 6. The SMILES string of the molecule is CC[C@@]1(O)C(=O)OCc2c1cc1n(c2=O)Cc2cc3ccccc3nc2-1.CN(Cc1cnc2nc(N)nc(N)c2n1)c1ccc(C(=O)N[C@@H](CCC(=O)O)C(=O)O)cc1.N[C@@H](Cc1ccc(N(CCCl)CCCl)cc1)C(=O)O. The van der Waals surface area contributed by atoms with Gasteiger partial charge in [0, 0.05) is 71.8 Å². The standard InChI is InChI=1S/C20H22N8O5.C20H16N2O4.C13H18Cl2N2O2/c1-28(9-11-8-23-17-15(24-11)16(21)26-20(22)27-17)12-4-2-10(3-5-12)18(31)25-13(19(32)33)6-7-14(29)30;1-2-20(25)14-8-16-17-12(7-11-5-3-4-6-15(11)21-17)9-22(16)18(23)13(14)10-26-19(20)24;14-5-7-17(8-6-15)11-3-1-10(2-4-11)9-12(16)13(18)19/h2-5,8,13H,6-7,9H2,1H3,(H,25,31)(H,29,30)(H,32,33)(H4,21,22,23,26,27);3-8,25H,2,9-10H2,1H3;1-4,12H,5-9,16H2,(H,18,19)/t13-;20-;12-/m000/s1. The van der Waals surface area contributed by atoms with Crippen LogP contribution in [0.15, 0.2) is 95.9 Å². The van der Waals surface area contributed by atoms with Gasteiger partial charge < -0.3 is 62.0 Å². The Balaban J connectivity index is 0.000000176. The summed E-state index contributed by atoms with van der Waals surface area (Å²) in [6.07, 6.45) is 1.42. The zero-order chi connectivity index (χ0) is 56.4. The number of aliphatic carboxylic acids is 3. The molecule has 2 aliphatic rings. The predicted octanol–water partition coefficient (Wildman–Crippen LogP) is 4.27. The summed E-state index contributed by atoms with van der Waals surface area (Å²) in [5.74, 6) is -3.55. The number of nitrogens with zero attached hydrogens (tertiary/aromatic N) is 8. The number of benzene rings is 3. The number of fused-ring (bicyclic) bond motifs is 6. The van der Waals surface area contributed by atoms with E-state index in [1.807, 2.05) is 66.5 Å². The average molecular weight is 1110 g/mol. The Morgan fingerprint density at radius 2 is 1.56 bits per heavy atom. The lowest BCUT2D eigenvalue weighted by atomic mass is 9.86. The van der Waals surface area contributed by atoms with E-state index in [1.54, 1.807) is 35.9 Å². The van der Waals surface area contributed by atoms with Crippen molar-refractivity contribution < 1.29 is 49.1 Å². The number of rotatable bonds is 18. The molecule has 23 nitrogen and oxygen atoms in total. The van der Waals surface area contributed by atoms with Gasteiger partial charge in [0.2, 0.25) is 5.95 Å². The molecular formula is C53H56Cl2N12O11. The highest BCUT2D eigenvalue weighted by Gasteiger charge is 2.45. The number of nitrogen functional groups attached to an aromatic ring is 2. The number of nitrogens with one attached hydrogen (secondary N) is 1. The van der Waals surface area contributed by atoms with Crippen LogP contribution in [0.1, 0.15) is 64.5 Å². The summed E-state index contributed by atoms with van der Waals surface area (Å²) < 4.78 is 6.72. The molecule has 0 spiro atoms. The number of para-hydroxylation sites is 1. The minimum atomic E-state index is -1.79. The molecule has 0 radical (unpaired) electrons. The summed E-state index contributed by atoms with van der Waals surface area (Å²) in [4.78, 5) is 95.3. The van der Waals surface area contributed by atoms with E-state index >= 15 is 0 Å². The van der Waals surface area contributed by atoms with Crippen LogP contribution < -0.4 is 37.9 Å². The van der Waals surface area contributed by atoms with Gasteiger partial charge in [-0.3, -0.25) is 19.2 Å². The highest BCUT2D eigenvalue weighted by atomic mass is 35.5. The molecule has 0 aliphatic carbocycles. The number of carboxylic acids is 3. The van der Waals surface area contributed by atoms with Crippen LogP contribution in [-0.2, 0) is 55.6 Å². The molecule has 3 atom stereocenters. The third-order valence-corrected chi connectivity index (χ3v) is 13.3. The van der Waals surface area contributed by atoms with Crippen LogP contribution in [0, 0.1) is 0 Å². The molecule has 0 saturated heterocycles. The Kier molecular flexibility index (Phi) is 18.4. The lowest BCUT2D eigenvalue weighted by Gasteiger charge is -2.31. The zero-order valence-electron chi connectivity index (χ0n) is 42.3. The molecule has 9 rings (SSSR count). The molecule has 0 bridgehead atoms. The number of aliphatic hydroxyl groups is 1. The average Bonchev–Trinajstić information content (AvgIpc) is 3.79. The highest BCUT2D eigenvalue weighted by molar-refractivity contribution is 6.18. The summed E-state index contributed by atoms with van der Waals surface area (Å²) in [6, 6.07) is 23.5. The summed E-state index contributed by atoms with van der Waals surface area (Å²) in [5.41, 5.74) is 22.9. The number of pyridine rings is 2. The second kappa shape index (κ2) is 25.1. The Morgan fingerprint density at radius 3 is 2.21 bits per heavy atom. The van der Waals surface area contributed by atoms with Gasteiger partial charge in [-0.25, -0.2) is 24.5 Å². The van der Waals surface area contributed by atoms with Gasteiger partial charge in [0.05, 0.1) is 47.4 Å². The number of ether oxygens (including phenoxy) is 1. The topological polar surface area (TPSA) is 359 Å². The minimum absolute atomic E-state index is 0.0138. The fourth-order valence-corrected chi connectivity index (χ4v) is 9.12. The number of halogens is 2. The first-order valence-electron chi connectivity index (χ1n) is 24.4. The summed E-state index contributed by atoms with van der Waals surface area (Å²) in [6.45, 7) is 3.83. The van der Waals surface area contributed by atoms with E-state index in [9.17, 15) is 39.0 Å². The van der Waals surface area contributed by atoms with E-state index in [-0.39, 0.29) is 48.8 Å². The van der Waals surface area contributed by atoms with Crippen molar-refractivity contribution in [2.75, 3.05) is 53.2 Å². The van der Waals surface area contributed by atoms with Crippen molar-refractivity contribution >= 4 is 98.2 Å². The second-order valence-electron chi connectivity index (χ2n) is 18.2. The van der Waals surface area contributed by atoms with Crippen molar-refractivity contribution in [2.45, 2.75) is 70.0 Å². The molecule has 4 aromatic heterocycles. The van der Waals surface area contributed by atoms with Crippen LogP contribution in [0.5, 0.6) is 0 Å². The molecule has 11 N–H and O–H groups in total. The van der Waals surface area contributed by atoms with Crippen LogP contribution in [0.2, 0.25) is 0 Å². The predicted molar refractivity (Wildman–Crippen MR) is 292 cm³/mol. The monoisotopic (exact) mass is 1110 g/mol. The first-order chi connectivity index (χ1) is 37.2. The maximum absolute atomic E-state index is 13.0. The smallest absolute Gasteiger partial charge is 0.343 e. The maximum atomic E-state index is 13.0. The highest BCUT2D eigenvalue weighted by Crippen LogP contribution is 2.38. The normalized spacial score (nSPS) is 14.7. The van der Waals surface area contributed by atoms with Gasteiger partial charge in [0.1, 0.15) is 18.7 Å². The van der Waals surface area contributed by atoms with Gasteiger partial charge in [0.25, 0.3) is 11.5 Å². The van der Waals surface area contributed by atoms with Crippen LogP contribution in [0.4, 0.5) is 23.1 Å². The van der Waals surface area contributed by atoms with Gasteiger partial charge >= 0.3 is 23.9 Å². The quantitative estimate of drug-likeness (QED) is 0.0439. The number of carbonyl (C=O) groups is 5. The van der Waals surface area contributed by atoms with Crippen molar-refractivity contribution in [1.82, 2.24) is 34.8 Å². The Hall–Kier alpha value is -8.51. The fourth-order valence-electron chi connectivity index (χ4n) is 8.71. The second-order valence-corrected chi connectivity index (χ2v) is 18.9. The minimum Gasteiger partial charge on any atom is -0.481 e. The third kappa shape index (κ3) is 13.2. The van der Waals surface area contributed by atoms with Crippen molar-refractivity contribution in [3.8, 4) is 11.4 Å². The number of hydrogen-bond donors (Lipinski definition) is 8. The number of hydrogen-bond acceptors (Lipinski definition) is 18. The summed E-state index contributed by atoms with van der Waals surface area (Å²) >= 11 is 11.5. The molecule has 2 aliphatic heterocycles. The molecule has 7 aromatic rings. The summed E-state index contributed by atoms with van der Waals surface area (Å²) in [7, 11) is 1.82. The van der Waals surface area contributed by atoms with Crippen LogP contribution in [0.3, 0.4) is 0 Å². The van der Waals surface area contributed by atoms with Crippen molar-refractivity contribution in [1.29, 1.82) is 0 Å². The Bertz CT molecular complexity index is 3440. The van der Waals surface area contributed by atoms with Crippen LogP contribution in [-0.4, -0.2) is 124 Å². The first kappa shape index (κ1) is 57.2. The largest absolute Gasteiger partial charge is 0.481 e. The number of alkyl halides is 2. The number of cyclic esters (lactones) is 1.